The van der Waals surface area contributed by atoms with Gasteiger partial charge in [-0.15, -0.1) is 0 Å². The standard InChI is InChI=1S/C15H26O2/c1-13(2)8-11-10(13)4-6-14(3)9-15(11,17)7-5-12(14)16/h10-12,16-17H,4-9H2,1-3H3/t10-,11-,12-,14-,15+/m1/s1. The van der Waals surface area contributed by atoms with Crippen LogP contribution < -0.4 is 0 Å². The summed E-state index contributed by atoms with van der Waals surface area (Å²) in [5.41, 5.74) is -0.121. The van der Waals surface area contributed by atoms with Gasteiger partial charge in [-0.25, -0.2) is 0 Å². The van der Waals surface area contributed by atoms with Crippen LogP contribution in [-0.2, 0) is 0 Å². The second kappa shape index (κ2) is 3.27. The van der Waals surface area contributed by atoms with E-state index < -0.39 is 5.60 Å². The molecule has 0 aromatic rings. The van der Waals surface area contributed by atoms with Crippen LogP contribution in [0.2, 0.25) is 0 Å². The van der Waals surface area contributed by atoms with Gasteiger partial charge in [-0.2, -0.15) is 0 Å². The molecule has 0 radical (unpaired) electrons. The van der Waals surface area contributed by atoms with Crippen LogP contribution in [0.15, 0.2) is 0 Å². The number of fused-ring (bicyclic) bond motifs is 4. The molecule has 0 saturated heterocycles. The fourth-order valence-electron chi connectivity index (χ4n) is 5.10. The number of hydrogen-bond acceptors (Lipinski definition) is 2. The Morgan fingerprint density at radius 2 is 1.71 bits per heavy atom. The molecule has 3 saturated carbocycles. The van der Waals surface area contributed by atoms with Crippen LogP contribution in [0.25, 0.3) is 0 Å². The predicted molar refractivity (Wildman–Crippen MR) is 67.5 cm³/mol. The third-order valence-electron chi connectivity index (χ3n) is 6.32. The molecule has 0 unspecified atom stereocenters. The zero-order valence-electron chi connectivity index (χ0n) is 11.4. The summed E-state index contributed by atoms with van der Waals surface area (Å²) in [4.78, 5) is 0. The average molecular weight is 238 g/mol. The Balaban J connectivity index is 1.93. The molecule has 0 amide bonds. The zero-order valence-corrected chi connectivity index (χ0v) is 11.4. The highest BCUT2D eigenvalue weighted by molar-refractivity contribution is 5.12. The SMILES string of the molecule is CC1(C)C[C@@H]2[C@H]1CC[C@]1(C)C[C@@]2(O)CC[C@H]1O. The lowest BCUT2D eigenvalue weighted by molar-refractivity contribution is -0.176. The third-order valence-corrected chi connectivity index (χ3v) is 6.32. The molecule has 0 spiro atoms. The highest BCUT2D eigenvalue weighted by atomic mass is 16.3. The van der Waals surface area contributed by atoms with Crippen molar-refractivity contribution in [2.75, 3.05) is 0 Å². The van der Waals surface area contributed by atoms with Crippen LogP contribution in [0.5, 0.6) is 0 Å². The van der Waals surface area contributed by atoms with Crippen molar-refractivity contribution in [3.63, 3.8) is 0 Å². The second-order valence-electron chi connectivity index (χ2n) is 7.93. The molecule has 2 nitrogen and oxygen atoms in total. The van der Waals surface area contributed by atoms with Crippen LogP contribution in [0.1, 0.15) is 59.3 Å². The largest absolute Gasteiger partial charge is 0.393 e. The van der Waals surface area contributed by atoms with Crippen molar-refractivity contribution in [2.24, 2.45) is 22.7 Å². The van der Waals surface area contributed by atoms with Crippen molar-refractivity contribution in [1.29, 1.82) is 0 Å². The Morgan fingerprint density at radius 1 is 1.00 bits per heavy atom. The Kier molecular flexibility index (Phi) is 2.30. The summed E-state index contributed by atoms with van der Waals surface area (Å²) < 4.78 is 0. The van der Waals surface area contributed by atoms with E-state index in [1.54, 1.807) is 0 Å². The van der Waals surface area contributed by atoms with Gasteiger partial charge in [0.25, 0.3) is 0 Å². The minimum atomic E-state index is -0.481. The molecule has 2 heteroatoms. The third kappa shape index (κ3) is 1.53. The first-order chi connectivity index (χ1) is 7.77. The maximum Gasteiger partial charge on any atom is 0.0686 e. The summed E-state index contributed by atoms with van der Waals surface area (Å²) >= 11 is 0. The van der Waals surface area contributed by atoms with Gasteiger partial charge in [-0.05, 0) is 61.2 Å². The second-order valence-corrected chi connectivity index (χ2v) is 7.93. The number of aliphatic hydroxyl groups is 2. The molecule has 3 fully saturated rings. The van der Waals surface area contributed by atoms with Gasteiger partial charge in [0.15, 0.2) is 0 Å². The van der Waals surface area contributed by atoms with Gasteiger partial charge in [0, 0.05) is 0 Å². The van der Waals surface area contributed by atoms with Gasteiger partial charge in [0.1, 0.15) is 0 Å². The van der Waals surface area contributed by atoms with E-state index in [4.69, 9.17) is 0 Å². The highest BCUT2D eigenvalue weighted by Crippen LogP contribution is 2.64. The summed E-state index contributed by atoms with van der Waals surface area (Å²) in [7, 11) is 0. The lowest BCUT2D eigenvalue weighted by Crippen LogP contribution is -2.57. The molecule has 2 N–H and O–H groups in total. The Bertz CT molecular complexity index is 338. The lowest BCUT2D eigenvalue weighted by Gasteiger charge is -2.58. The van der Waals surface area contributed by atoms with Gasteiger partial charge >= 0.3 is 0 Å². The summed E-state index contributed by atoms with van der Waals surface area (Å²) in [5.74, 6) is 1.16. The molecule has 98 valence electrons. The number of hydrogen-bond donors (Lipinski definition) is 2. The van der Waals surface area contributed by atoms with Crippen molar-refractivity contribution < 1.29 is 10.2 Å². The Labute approximate surface area is 104 Å². The van der Waals surface area contributed by atoms with Gasteiger partial charge in [-0.3, -0.25) is 0 Å². The fraction of sp³-hybridized carbons (Fsp3) is 1.00. The smallest absolute Gasteiger partial charge is 0.0686 e. The van der Waals surface area contributed by atoms with E-state index in [0.29, 0.717) is 17.3 Å². The molecule has 3 rings (SSSR count). The van der Waals surface area contributed by atoms with Crippen LogP contribution in [0, 0.1) is 22.7 Å². The van der Waals surface area contributed by atoms with Gasteiger partial charge < -0.3 is 10.2 Å². The van der Waals surface area contributed by atoms with Crippen LogP contribution in [0.3, 0.4) is 0 Å². The molecular weight excluding hydrogens is 212 g/mol. The van der Waals surface area contributed by atoms with Crippen LogP contribution >= 0.6 is 0 Å². The molecule has 0 heterocycles. The van der Waals surface area contributed by atoms with Gasteiger partial charge in [0.2, 0.25) is 0 Å². The quantitative estimate of drug-likeness (QED) is 0.681. The summed E-state index contributed by atoms with van der Waals surface area (Å²) in [6, 6.07) is 0. The maximum atomic E-state index is 11.0. The maximum absolute atomic E-state index is 11.0. The molecular formula is C15H26O2. The van der Waals surface area contributed by atoms with Crippen molar-refractivity contribution >= 4 is 0 Å². The van der Waals surface area contributed by atoms with E-state index in [1.807, 2.05) is 0 Å². The summed E-state index contributed by atoms with van der Waals surface area (Å²) in [5, 5.41) is 21.2. The van der Waals surface area contributed by atoms with Gasteiger partial charge in [0.05, 0.1) is 11.7 Å². The van der Waals surface area contributed by atoms with Gasteiger partial charge in [-0.1, -0.05) is 20.8 Å². The normalized spacial score (nSPS) is 56.6. The summed E-state index contributed by atoms with van der Waals surface area (Å²) in [6.07, 6.45) is 5.65. The summed E-state index contributed by atoms with van der Waals surface area (Å²) in [6.45, 7) is 6.86. The Hall–Kier alpha value is -0.0800. The fourth-order valence-corrected chi connectivity index (χ4v) is 5.10. The highest BCUT2D eigenvalue weighted by Gasteiger charge is 2.61. The lowest BCUT2D eigenvalue weighted by atomic mass is 9.49. The first kappa shape index (κ1) is 12.0. The van der Waals surface area contributed by atoms with E-state index in [1.165, 1.54) is 12.8 Å². The molecule has 0 aromatic heterocycles. The molecule has 3 aliphatic carbocycles. The minimum absolute atomic E-state index is 0.0413. The molecule has 2 bridgehead atoms. The molecule has 5 atom stereocenters. The Morgan fingerprint density at radius 3 is 2.35 bits per heavy atom. The topological polar surface area (TPSA) is 40.5 Å². The minimum Gasteiger partial charge on any atom is -0.393 e. The molecule has 0 aromatic carbocycles. The van der Waals surface area contributed by atoms with Crippen LogP contribution in [-0.4, -0.2) is 21.9 Å². The van der Waals surface area contributed by atoms with E-state index in [-0.39, 0.29) is 11.5 Å². The van der Waals surface area contributed by atoms with E-state index in [2.05, 4.69) is 20.8 Å². The monoisotopic (exact) mass is 238 g/mol. The predicted octanol–water partition coefficient (Wildman–Crippen LogP) is 2.72. The van der Waals surface area contributed by atoms with Crippen LogP contribution in [0.4, 0.5) is 0 Å². The van der Waals surface area contributed by atoms with Crippen molar-refractivity contribution in [2.45, 2.75) is 71.0 Å². The van der Waals surface area contributed by atoms with E-state index in [9.17, 15) is 10.2 Å². The van der Waals surface area contributed by atoms with Crippen molar-refractivity contribution in [1.82, 2.24) is 0 Å². The van der Waals surface area contributed by atoms with Crippen molar-refractivity contribution in [3.05, 3.63) is 0 Å². The van der Waals surface area contributed by atoms with E-state index >= 15 is 0 Å². The molecule has 3 aliphatic rings. The first-order valence-corrected chi connectivity index (χ1v) is 7.17. The zero-order chi connectivity index (χ0) is 12.5. The van der Waals surface area contributed by atoms with Crippen molar-refractivity contribution in [3.8, 4) is 0 Å². The van der Waals surface area contributed by atoms with E-state index in [0.717, 1.165) is 25.7 Å². The number of rotatable bonds is 0. The first-order valence-electron chi connectivity index (χ1n) is 7.17. The average Bonchev–Trinajstić information content (AvgIpc) is 2.28. The number of aliphatic hydroxyl groups excluding tert-OH is 1. The molecule has 0 aliphatic heterocycles. The molecule has 17 heavy (non-hydrogen) atoms.